The number of hydrogen-bond donors (Lipinski definition) is 3. The summed E-state index contributed by atoms with van der Waals surface area (Å²) in [5.74, 6) is 1.42. The molecule has 23 heavy (non-hydrogen) atoms. The van der Waals surface area contributed by atoms with Crippen LogP contribution >= 0.6 is 0 Å². The highest BCUT2D eigenvalue weighted by Crippen LogP contribution is 2.66. The first-order chi connectivity index (χ1) is 10.8. The molecular weight excluding hydrogens is 286 g/mol. The Kier molecular flexibility index (Phi) is 3.54. The Morgan fingerprint density at radius 2 is 1.74 bits per heavy atom. The largest absolute Gasteiger partial charge is 0.390 e. The second-order valence-corrected chi connectivity index (χ2v) is 9.52. The number of nitrogens with two attached hydrogens (primary N) is 1. The molecular formula is C20H33NO2. The van der Waals surface area contributed by atoms with Crippen molar-refractivity contribution >= 4 is 0 Å². The zero-order valence-electron chi connectivity index (χ0n) is 14.7. The van der Waals surface area contributed by atoms with E-state index in [1.54, 1.807) is 0 Å². The predicted octanol–water partition coefficient (Wildman–Crippen LogP) is 2.85. The molecule has 2 unspecified atom stereocenters. The van der Waals surface area contributed by atoms with Gasteiger partial charge in [-0.05, 0) is 79.4 Å². The molecule has 3 nitrogen and oxygen atoms in total. The average Bonchev–Trinajstić information content (AvgIpc) is 2.82. The normalized spacial score (nSPS) is 59.2. The van der Waals surface area contributed by atoms with Crippen molar-refractivity contribution < 1.29 is 10.2 Å². The van der Waals surface area contributed by atoms with Crippen LogP contribution in [0, 0.1) is 34.5 Å². The van der Waals surface area contributed by atoms with Crippen LogP contribution in [0.3, 0.4) is 0 Å². The van der Waals surface area contributed by atoms with Crippen LogP contribution in [0.15, 0.2) is 12.2 Å². The zero-order valence-corrected chi connectivity index (χ0v) is 14.7. The van der Waals surface area contributed by atoms with Gasteiger partial charge in [0.15, 0.2) is 0 Å². The monoisotopic (exact) mass is 319 g/mol. The molecule has 4 aliphatic rings. The number of fused-ring (bicyclic) bond motifs is 5. The van der Waals surface area contributed by atoms with Gasteiger partial charge in [0.25, 0.3) is 0 Å². The van der Waals surface area contributed by atoms with Crippen molar-refractivity contribution in [3.05, 3.63) is 12.2 Å². The van der Waals surface area contributed by atoms with Crippen molar-refractivity contribution in [2.24, 2.45) is 40.2 Å². The molecule has 0 amide bonds. The minimum atomic E-state index is -0.608. The SMILES string of the molecule is C=C1CC[C@H]2C3[C@@H](O)[C@H](O)C4C[C@@H](N)CC[C@]4(C)[C@H]3CC[C@]12C. The van der Waals surface area contributed by atoms with Gasteiger partial charge < -0.3 is 15.9 Å². The smallest absolute Gasteiger partial charge is 0.0836 e. The molecule has 0 aromatic heterocycles. The van der Waals surface area contributed by atoms with Crippen molar-refractivity contribution in [3.8, 4) is 0 Å². The third-order valence-electron chi connectivity index (χ3n) is 8.75. The highest BCUT2D eigenvalue weighted by molar-refractivity contribution is 5.23. The van der Waals surface area contributed by atoms with Gasteiger partial charge in [0.2, 0.25) is 0 Å². The molecule has 130 valence electrons. The zero-order chi connectivity index (χ0) is 16.6. The maximum atomic E-state index is 11.0. The van der Waals surface area contributed by atoms with E-state index in [1.165, 1.54) is 18.4 Å². The molecule has 4 fully saturated rings. The second kappa shape index (κ2) is 5.06. The lowest BCUT2D eigenvalue weighted by atomic mass is 9.43. The van der Waals surface area contributed by atoms with Crippen molar-refractivity contribution in [2.75, 3.05) is 0 Å². The molecule has 4 rings (SSSR count). The van der Waals surface area contributed by atoms with Gasteiger partial charge in [-0.2, -0.15) is 0 Å². The molecule has 0 heterocycles. The molecule has 0 spiro atoms. The van der Waals surface area contributed by atoms with Crippen LogP contribution in [-0.4, -0.2) is 28.5 Å². The second-order valence-electron chi connectivity index (χ2n) is 9.52. The Hall–Kier alpha value is -0.380. The molecule has 0 bridgehead atoms. The van der Waals surface area contributed by atoms with Gasteiger partial charge in [0, 0.05) is 6.04 Å². The van der Waals surface area contributed by atoms with E-state index in [1.807, 2.05) is 0 Å². The molecule has 0 aromatic rings. The van der Waals surface area contributed by atoms with Crippen molar-refractivity contribution in [1.29, 1.82) is 0 Å². The minimum Gasteiger partial charge on any atom is -0.390 e. The molecule has 0 radical (unpaired) electrons. The number of rotatable bonds is 0. The quantitative estimate of drug-likeness (QED) is 0.602. The summed E-state index contributed by atoms with van der Waals surface area (Å²) in [5.41, 5.74) is 7.89. The van der Waals surface area contributed by atoms with Crippen LogP contribution in [0.25, 0.3) is 0 Å². The van der Waals surface area contributed by atoms with E-state index < -0.39 is 12.2 Å². The molecule has 4 N–H and O–H groups in total. The van der Waals surface area contributed by atoms with E-state index in [-0.39, 0.29) is 28.7 Å². The number of allylic oxidation sites excluding steroid dienone is 1. The Morgan fingerprint density at radius 3 is 2.48 bits per heavy atom. The van der Waals surface area contributed by atoms with Gasteiger partial charge in [0.05, 0.1) is 12.2 Å². The van der Waals surface area contributed by atoms with Gasteiger partial charge in [-0.3, -0.25) is 0 Å². The number of hydrogen-bond acceptors (Lipinski definition) is 3. The lowest BCUT2D eigenvalue weighted by Crippen LogP contribution is -2.64. The Bertz CT molecular complexity index is 520. The standard InChI is InChI=1S/C20H33NO2/c1-11-4-5-13-16-14(7-9-19(11,13)2)20(3)8-6-12(21)10-15(20)17(22)18(16)23/h12-18,22-23H,1,4-10,21H2,2-3H3/t12-,13-,14-,15?,16?,17+,18+,19+,20+/m0/s1. The van der Waals surface area contributed by atoms with Gasteiger partial charge in [-0.15, -0.1) is 0 Å². The molecule has 9 atom stereocenters. The van der Waals surface area contributed by atoms with E-state index in [0.717, 1.165) is 32.1 Å². The van der Waals surface area contributed by atoms with Crippen LogP contribution in [0.5, 0.6) is 0 Å². The van der Waals surface area contributed by atoms with E-state index >= 15 is 0 Å². The summed E-state index contributed by atoms with van der Waals surface area (Å²) in [7, 11) is 0. The third-order valence-corrected chi connectivity index (χ3v) is 8.75. The molecule has 0 saturated heterocycles. The number of aliphatic hydroxyl groups is 2. The van der Waals surface area contributed by atoms with Crippen molar-refractivity contribution in [3.63, 3.8) is 0 Å². The van der Waals surface area contributed by atoms with Crippen LogP contribution in [0.1, 0.15) is 58.8 Å². The van der Waals surface area contributed by atoms with E-state index in [2.05, 4.69) is 20.4 Å². The van der Waals surface area contributed by atoms with Gasteiger partial charge in [-0.1, -0.05) is 26.0 Å². The Labute approximate surface area is 140 Å². The maximum absolute atomic E-state index is 11.0. The van der Waals surface area contributed by atoms with Gasteiger partial charge in [0.1, 0.15) is 0 Å². The first-order valence-electron chi connectivity index (χ1n) is 9.59. The first kappa shape index (κ1) is 16.1. The minimum absolute atomic E-state index is 0.143. The summed E-state index contributed by atoms with van der Waals surface area (Å²) in [4.78, 5) is 0. The van der Waals surface area contributed by atoms with Crippen LogP contribution in [0.4, 0.5) is 0 Å². The summed E-state index contributed by atoms with van der Waals surface area (Å²) in [6, 6.07) is 0.187. The van der Waals surface area contributed by atoms with Gasteiger partial charge >= 0.3 is 0 Å². The summed E-state index contributed by atoms with van der Waals surface area (Å²) >= 11 is 0. The topological polar surface area (TPSA) is 66.5 Å². The highest BCUT2D eigenvalue weighted by atomic mass is 16.3. The maximum Gasteiger partial charge on any atom is 0.0836 e. The molecule has 4 saturated carbocycles. The Balaban J connectivity index is 1.73. The molecule has 3 heteroatoms. The average molecular weight is 319 g/mol. The van der Waals surface area contributed by atoms with Crippen LogP contribution in [-0.2, 0) is 0 Å². The summed E-state index contributed by atoms with van der Waals surface area (Å²) in [5, 5.41) is 22.0. The fourth-order valence-corrected chi connectivity index (χ4v) is 7.20. The third kappa shape index (κ3) is 1.99. The lowest BCUT2D eigenvalue weighted by molar-refractivity contribution is -0.210. The van der Waals surface area contributed by atoms with E-state index in [9.17, 15) is 10.2 Å². The van der Waals surface area contributed by atoms with Crippen molar-refractivity contribution in [2.45, 2.75) is 77.0 Å². The van der Waals surface area contributed by atoms with Gasteiger partial charge in [-0.25, -0.2) is 0 Å². The molecule has 0 aliphatic heterocycles. The summed E-state index contributed by atoms with van der Waals surface area (Å²) < 4.78 is 0. The molecule has 4 aliphatic carbocycles. The number of aliphatic hydroxyl groups excluding tert-OH is 2. The van der Waals surface area contributed by atoms with E-state index in [4.69, 9.17) is 5.73 Å². The first-order valence-corrected chi connectivity index (χ1v) is 9.59. The fourth-order valence-electron chi connectivity index (χ4n) is 7.20. The summed E-state index contributed by atoms with van der Waals surface area (Å²) in [6.45, 7) is 9.07. The lowest BCUT2D eigenvalue weighted by Gasteiger charge is -2.63. The highest BCUT2D eigenvalue weighted by Gasteiger charge is 2.63. The summed E-state index contributed by atoms with van der Waals surface area (Å²) in [6.07, 6.45) is 6.45. The van der Waals surface area contributed by atoms with Crippen molar-refractivity contribution in [1.82, 2.24) is 0 Å². The Morgan fingerprint density at radius 1 is 1.00 bits per heavy atom. The van der Waals surface area contributed by atoms with E-state index in [0.29, 0.717) is 11.8 Å². The fraction of sp³-hybridized carbons (Fsp3) is 0.900. The predicted molar refractivity (Wildman–Crippen MR) is 91.6 cm³/mol. The van der Waals surface area contributed by atoms with Crippen LogP contribution < -0.4 is 5.73 Å². The van der Waals surface area contributed by atoms with Crippen LogP contribution in [0.2, 0.25) is 0 Å². The molecule has 0 aromatic carbocycles.